The molecule has 7 heteroatoms. The van der Waals surface area contributed by atoms with E-state index in [0.29, 0.717) is 5.82 Å². The van der Waals surface area contributed by atoms with Crippen molar-refractivity contribution in [2.75, 3.05) is 11.5 Å². The zero-order chi connectivity index (χ0) is 10.7. The highest BCUT2D eigenvalue weighted by molar-refractivity contribution is 5.26. The van der Waals surface area contributed by atoms with Crippen LogP contribution in [-0.2, 0) is 0 Å². The Morgan fingerprint density at radius 3 is 2.00 bits per heavy atom. The van der Waals surface area contributed by atoms with E-state index >= 15 is 0 Å². The third-order valence-electron chi connectivity index (χ3n) is 1.59. The van der Waals surface area contributed by atoms with E-state index in [9.17, 15) is 0 Å². The first kappa shape index (κ1) is 10.6. The second-order valence-corrected chi connectivity index (χ2v) is 3.09. The number of anilines is 2. The van der Waals surface area contributed by atoms with Crippen LogP contribution < -0.4 is 22.5 Å². The van der Waals surface area contributed by atoms with Crippen LogP contribution in [0.25, 0.3) is 0 Å². The molecule has 14 heavy (non-hydrogen) atoms. The fourth-order valence-corrected chi connectivity index (χ4v) is 1.09. The lowest BCUT2D eigenvalue weighted by molar-refractivity contribution is 0.473. The molecule has 0 bridgehead atoms. The van der Waals surface area contributed by atoms with Gasteiger partial charge in [-0.1, -0.05) is 0 Å². The van der Waals surface area contributed by atoms with Crippen molar-refractivity contribution in [3.63, 3.8) is 0 Å². The number of hydrogen-bond donors (Lipinski definition) is 4. The molecule has 0 saturated heterocycles. The van der Waals surface area contributed by atoms with Gasteiger partial charge in [0, 0.05) is 0 Å². The summed E-state index contributed by atoms with van der Waals surface area (Å²) in [6.07, 6.45) is -0.149. The summed E-state index contributed by atoms with van der Waals surface area (Å²) < 4.78 is 0. The Labute approximate surface area is 82.1 Å². The first-order valence-corrected chi connectivity index (χ1v) is 4.27. The largest absolute Gasteiger partial charge is 0.368 e. The first-order valence-electron chi connectivity index (χ1n) is 4.27. The summed E-state index contributed by atoms with van der Waals surface area (Å²) in [5.41, 5.74) is 16.4. The lowest BCUT2D eigenvalue weighted by atomic mass is 10.3. The minimum Gasteiger partial charge on any atom is -0.368 e. The Morgan fingerprint density at radius 2 is 1.57 bits per heavy atom. The number of hydrogen-bond acceptors (Lipinski definition) is 7. The van der Waals surface area contributed by atoms with E-state index in [4.69, 9.17) is 17.2 Å². The van der Waals surface area contributed by atoms with Gasteiger partial charge in [0.1, 0.15) is 0 Å². The van der Waals surface area contributed by atoms with Crippen LogP contribution >= 0.6 is 0 Å². The van der Waals surface area contributed by atoms with Gasteiger partial charge >= 0.3 is 0 Å². The van der Waals surface area contributed by atoms with Crippen molar-refractivity contribution in [1.82, 2.24) is 20.3 Å². The number of aromatic nitrogens is 3. The molecular formula is C7H15N7. The van der Waals surface area contributed by atoms with E-state index in [1.165, 1.54) is 0 Å². The van der Waals surface area contributed by atoms with Crippen molar-refractivity contribution < 1.29 is 0 Å². The van der Waals surface area contributed by atoms with E-state index in [2.05, 4.69) is 20.3 Å². The zero-order valence-corrected chi connectivity index (χ0v) is 8.23. The van der Waals surface area contributed by atoms with E-state index in [1.807, 2.05) is 13.8 Å². The monoisotopic (exact) mass is 197 g/mol. The lowest BCUT2D eigenvalue weighted by Crippen LogP contribution is -2.36. The van der Waals surface area contributed by atoms with Crippen molar-refractivity contribution in [2.24, 2.45) is 5.73 Å². The Bertz CT molecular complexity index is 291. The third-order valence-corrected chi connectivity index (χ3v) is 1.59. The molecule has 0 aliphatic heterocycles. The third kappa shape index (κ3) is 2.79. The maximum absolute atomic E-state index is 5.56. The van der Waals surface area contributed by atoms with Crippen molar-refractivity contribution >= 4 is 11.9 Å². The molecule has 1 rings (SSSR count). The van der Waals surface area contributed by atoms with Crippen molar-refractivity contribution in [3.05, 3.63) is 5.82 Å². The topological polar surface area (TPSA) is 129 Å². The standard InChI is InChI=1S/C7H15N7/c1-3(11-4(2)8)5-12-6(9)14-7(10)13-5/h3-4,11H,8H2,1-2H3,(H4,9,10,12,13,14). The van der Waals surface area contributed by atoms with Gasteiger partial charge in [0.15, 0.2) is 5.82 Å². The minimum atomic E-state index is -0.149. The molecule has 0 radical (unpaired) electrons. The Kier molecular flexibility index (Phi) is 3.15. The fraction of sp³-hybridized carbons (Fsp3) is 0.571. The van der Waals surface area contributed by atoms with Crippen LogP contribution in [0.15, 0.2) is 0 Å². The quantitative estimate of drug-likeness (QED) is 0.457. The molecule has 0 amide bonds. The minimum absolute atomic E-state index is 0.109. The molecule has 2 atom stereocenters. The normalized spacial score (nSPS) is 15.1. The SMILES string of the molecule is CC(N)NC(C)c1nc(N)nc(N)n1. The highest BCUT2D eigenvalue weighted by Gasteiger charge is 2.11. The number of nitrogens with one attached hydrogen (secondary N) is 1. The average molecular weight is 197 g/mol. The molecule has 7 N–H and O–H groups in total. The van der Waals surface area contributed by atoms with Gasteiger partial charge in [0.25, 0.3) is 0 Å². The van der Waals surface area contributed by atoms with E-state index in [1.54, 1.807) is 0 Å². The van der Waals surface area contributed by atoms with Gasteiger partial charge in [-0.2, -0.15) is 15.0 Å². The van der Waals surface area contributed by atoms with Crippen LogP contribution in [0, 0.1) is 0 Å². The Hall–Kier alpha value is -1.47. The van der Waals surface area contributed by atoms with Gasteiger partial charge in [-0.15, -0.1) is 0 Å². The Balaban J connectivity index is 2.84. The molecule has 0 aliphatic rings. The van der Waals surface area contributed by atoms with Crippen LogP contribution in [-0.4, -0.2) is 21.1 Å². The predicted molar refractivity (Wildman–Crippen MR) is 53.9 cm³/mol. The van der Waals surface area contributed by atoms with Crippen molar-refractivity contribution in [3.8, 4) is 0 Å². The van der Waals surface area contributed by atoms with Gasteiger partial charge in [0.05, 0.1) is 12.2 Å². The maximum Gasteiger partial charge on any atom is 0.225 e. The summed E-state index contributed by atoms with van der Waals surface area (Å²) in [7, 11) is 0. The van der Waals surface area contributed by atoms with Crippen molar-refractivity contribution in [2.45, 2.75) is 26.1 Å². The molecule has 78 valence electrons. The first-order chi connectivity index (χ1) is 6.49. The second kappa shape index (κ2) is 4.16. The molecule has 1 heterocycles. The Morgan fingerprint density at radius 1 is 1.07 bits per heavy atom. The predicted octanol–water partition coefficient (Wildman–Crippen LogP) is -1.01. The van der Waals surface area contributed by atoms with Gasteiger partial charge in [0.2, 0.25) is 11.9 Å². The summed E-state index contributed by atoms with van der Waals surface area (Å²) in [5, 5.41) is 3.03. The molecule has 0 saturated carbocycles. The highest BCUT2D eigenvalue weighted by Crippen LogP contribution is 2.08. The smallest absolute Gasteiger partial charge is 0.225 e. The van der Waals surface area contributed by atoms with Gasteiger partial charge < -0.3 is 17.2 Å². The average Bonchev–Trinajstić information content (AvgIpc) is 2.00. The molecule has 7 nitrogen and oxygen atoms in total. The summed E-state index contributed by atoms with van der Waals surface area (Å²) in [6.45, 7) is 3.70. The zero-order valence-electron chi connectivity index (χ0n) is 8.23. The van der Waals surface area contributed by atoms with Gasteiger partial charge in [-0.05, 0) is 13.8 Å². The number of nitrogens with two attached hydrogens (primary N) is 3. The molecular weight excluding hydrogens is 182 g/mol. The summed E-state index contributed by atoms with van der Waals surface area (Å²) >= 11 is 0. The van der Waals surface area contributed by atoms with Crippen LogP contribution in [0.3, 0.4) is 0 Å². The molecule has 0 aliphatic carbocycles. The lowest BCUT2D eigenvalue weighted by Gasteiger charge is -2.15. The van der Waals surface area contributed by atoms with Gasteiger partial charge in [-0.3, -0.25) is 5.32 Å². The summed E-state index contributed by atoms with van der Waals surface area (Å²) in [4.78, 5) is 11.6. The molecule has 0 aromatic carbocycles. The number of nitrogen functional groups attached to an aromatic ring is 2. The number of rotatable bonds is 3. The number of nitrogens with zero attached hydrogens (tertiary/aromatic N) is 3. The summed E-state index contributed by atoms with van der Waals surface area (Å²) in [5.74, 6) is 0.726. The van der Waals surface area contributed by atoms with E-state index in [-0.39, 0.29) is 24.1 Å². The fourth-order valence-electron chi connectivity index (χ4n) is 1.09. The maximum atomic E-state index is 5.56. The molecule has 1 aromatic heterocycles. The van der Waals surface area contributed by atoms with E-state index < -0.39 is 0 Å². The van der Waals surface area contributed by atoms with Gasteiger partial charge in [-0.25, -0.2) is 0 Å². The van der Waals surface area contributed by atoms with Crippen LogP contribution in [0.5, 0.6) is 0 Å². The highest BCUT2D eigenvalue weighted by atomic mass is 15.2. The molecule has 0 fully saturated rings. The van der Waals surface area contributed by atoms with Crippen LogP contribution in [0.2, 0.25) is 0 Å². The van der Waals surface area contributed by atoms with Crippen LogP contribution in [0.4, 0.5) is 11.9 Å². The van der Waals surface area contributed by atoms with Crippen molar-refractivity contribution in [1.29, 1.82) is 0 Å². The molecule has 1 aromatic rings. The second-order valence-electron chi connectivity index (χ2n) is 3.09. The van der Waals surface area contributed by atoms with Crippen LogP contribution in [0.1, 0.15) is 25.7 Å². The summed E-state index contributed by atoms with van der Waals surface area (Å²) in [6, 6.07) is -0.109. The van der Waals surface area contributed by atoms with E-state index in [0.717, 1.165) is 0 Å². The molecule has 0 spiro atoms. The molecule has 2 unspecified atom stereocenters.